The van der Waals surface area contributed by atoms with Gasteiger partial charge in [-0.15, -0.1) is 0 Å². The molecule has 0 saturated heterocycles. The highest BCUT2D eigenvalue weighted by atomic mass is 16.7. The zero-order valence-electron chi connectivity index (χ0n) is 31.5. The molecule has 1 saturated carbocycles. The summed E-state index contributed by atoms with van der Waals surface area (Å²) in [5.74, 6) is 0.156. The highest BCUT2D eigenvalue weighted by Gasteiger charge is 2.51. The standard InChI is InChI=1S/C42H53N5O6/c1-6-51-36(52-7-2)28-47(27-33-16-11-15-32-17-12-24-43-37(32)33)38(48)35(25-30-18-20-34(21-19-30)53-41(3,4)5)46-39(49)42(22-23-42)29-45-40(50)44-26-31-13-9-8-10-14-31/h8-21,24,35-36H,6-7,22-23,25-29H2,1-5H3,(H,46,49)(H2,44,45,50)/t35-/m0/s1. The fourth-order valence-electron chi connectivity index (χ4n) is 6.18. The van der Waals surface area contributed by atoms with Gasteiger partial charge in [-0.05, 0) is 82.3 Å². The number of para-hydroxylation sites is 1. The maximum Gasteiger partial charge on any atom is 0.315 e. The molecule has 3 N–H and O–H groups in total. The molecule has 4 amide bonds. The smallest absolute Gasteiger partial charge is 0.315 e. The van der Waals surface area contributed by atoms with Gasteiger partial charge in [0, 0.05) is 50.9 Å². The number of nitrogens with zero attached hydrogens (tertiary/aromatic N) is 2. The number of pyridine rings is 1. The molecule has 11 heteroatoms. The Labute approximate surface area is 312 Å². The average molecular weight is 724 g/mol. The van der Waals surface area contributed by atoms with Crippen molar-refractivity contribution in [3.8, 4) is 5.75 Å². The van der Waals surface area contributed by atoms with Crippen molar-refractivity contribution in [3.05, 3.63) is 108 Å². The van der Waals surface area contributed by atoms with Crippen LogP contribution in [0, 0.1) is 5.41 Å². The average Bonchev–Trinajstić information content (AvgIpc) is 3.94. The zero-order chi connectivity index (χ0) is 37.8. The van der Waals surface area contributed by atoms with E-state index in [0.29, 0.717) is 38.3 Å². The van der Waals surface area contributed by atoms with Crippen molar-refractivity contribution >= 4 is 28.7 Å². The summed E-state index contributed by atoms with van der Waals surface area (Å²) in [5.41, 5.74) is 2.30. The second-order valence-corrected chi connectivity index (χ2v) is 14.4. The number of hydrogen-bond acceptors (Lipinski definition) is 7. The van der Waals surface area contributed by atoms with Gasteiger partial charge in [-0.25, -0.2) is 4.79 Å². The van der Waals surface area contributed by atoms with E-state index in [4.69, 9.17) is 14.2 Å². The summed E-state index contributed by atoms with van der Waals surface area (Å²) in [6, 6.07) is 25.7. The van der Waals surface area contributed by atoms with Crippen molar-refractivity contribution in [1.82, 2.24) is 25.8 Å². The Kier molecular flexibility index (Phi) is 13.4. The maximum absolute atomic E-state index is 14.8. The summed E-state index contributed by atoms with van der Waals surface area (Å²) < 4.78 is 17.8. The van der Waals surface area contributed by atoms with Crippen LogP contribution in [-0.2, 0) is 38.6 Å². The molecule has 1 aromatic heterocycles. The lowest BCUT2D eigenvalue weighted by atomic mass is 10.0. The first-order chi connectivity index (χ1) is 25.5. The topological polar surface area (TPSA) is 131 Å². The van der Waals surface area contributed by atoms with Crippen molar-refractivity contribution < 1.29 is 28.6 Å². The molecule has 0 bridgehead atoms. The SMILES string of the molecule is CCOC(CN(Cc1cccc2cccnc12)C(=O)[C@H](Cc1ccc(OC(C)(C)C)cc1)NC(=O)C1(CNC(=O)NCc2ccccc2)CC1)OCC. The molecule has 1 aliphatic carbocycles. The van der Waals surface area contributed by atoms with Gasteiger partial charge < -0.3 is 35.1 Å². The molecule has 1 aliphatic rings. The molecule has 282 valence electrons. The van der Waals surface area contributed by atoms with Gasteiger partial charge in [-0.2, -0.15) is 0 Å². The Bertz CT molecular complexity index is 1800. The molecule has 0 radical (unpaired) electrons. The van der Waals surface area contributed by atoms with E-state index < -0.39 is 17.7 Å². The van der Waals surface area contributed by atoms with E-state index in [1.54, 1.807) is 11.1 Å². The van der Waals surface area contributed by atoms with Crippen LogP contribution in [0.4, 0.5) is 4.79 Å². The fraction of sp³-hybridized carbons (Fsp3) is 0.429. The monoisotopic (exact) mass is 723 g/mol. The number of urea groups is 1. The number of fused-ring (bicyclic) bond motifs is 1. The Balaban J connectivity index is 1.38. The van der Waals surface area contributed by atoms with Crippen molar-refractivity contribution in [3.63, 3.8) is 0 Å². The third-order valence-corrected chi connectivity index (χ3v) is 9.07. The maximum atomic E-state index is 14.8. The first kappa shape index (κ1) is 39.2. The molecule has 53 heavy (non-hydrogen) atoms. The molecule has 1 atom stereocenters. The molecular formula is C42H53N5O6. The molecule has 1 fully saturated rings. The summed E-state index contributed by atoms with van der Waals surface area (Å²) in [6.07, 6.45) is 2.50. The van der Waals surface area contributed by atoms with Crippen molar-refractivity contribution in [1.29, 1.82) is 0 Å². The number of nitrogens with one attached hydrogen (secondary N) is 3. The van der Waals surface area contributed by atoms with E-state index >= 15 is 0 Å². The number of hydrogen-bond donors (Lipinski definition) is 3. The Hall–Kier alpha value is -5.00. The predicted molar refractivity (Wildman–Crippen MR) is 205 cm³/mol. The molecule has 1 heterocycles. The van der Waals surface area contributed by atoms with E-state index in [2.05, 4.69) is 20.9 Å². The van der Waals surface area contributed by atoms with E-state index in [-0.39, 0.29) is 49.5 Å². The second-order valence-electron chi connectivity index (χ2n) is 14.4. The van der Waals surface area contributed by atoms with Gasteiger partial charge in [0.2, 0.25) is 11.8 Å². The summed E-state index contributed by atoms with van der Waals surface area (Å²) in [7, 11) is 0. The van der Waals surface area contributed by atoms with Crippen LogP contribution in [0.5, 0.6) is 5.75 Å². The van der Waals surface area contributed by atoms with Gasteiger partial charge >= 0.3 is 6.03 Å². The van der Waals surface area contributed by atoms with E-state index in [1.807, 2.05) is 120 Å². The van der Waals surface area contributed by atoms with Gasteiger partial charge in [0.1, 0.15) is 17.4 Å². The lowest BCUT2D eigenvalue weighted by molar-refractivity contribution is -0.161. The van der Waals surface area contributed by atoms with E-state index in [0.717, 1.165) is 27.6 Å². The fourth-order valence-corrected chi connectivity index (χ4v) is 6.18. The second kappa shape index (κ2) is 18.2. The largest absolute Gasteiger partial charge is 0.488 e. The van der Waals surface area contributed by atoms with Crippen molar-refractivity contribution in [2.24, 2.45) is 5.41 Å². The number of rotatable bonds is 18. The van der Waals surface area contributed by atoms with E-state index in [9.17, 15) is 14.4 Å². The molecule has 0 aliphatic heterocycles. The van der Waals surface area contributed by atoms with Crippen LogP contribution in [0.25, 0.3) is 10.9 Å². The Morgan fingerprint density at radius 3 is 2.21 bits per heavy atom. The highest BCUT2D eigenvalue weighted by Crippen LogP contribution is 2.45. The summed E-state index contributed by atoms with van der Waals surface area (Å²) in [4.78, 5) is 47.9. The first-order valence-electron chi connectivity index (χ1n) is 18.5. The minimum Gasteiger partial charge on any atom is -0.488 e. The first-order valence-corrected chi connectivity index (χ1v) is 18.5. The number of aromatic nitrogens is 1. The van der Waals surface area contributed by atoms with Gasteiger partial charge in [-0.3, -0.25) is 14.6 Å². The van der Waals surface area contributed by atoms with Gasteiger partial charge in [0.15, 0.2) is 6.29 Å². The predicted octanol–water partition coefficient (Wildman–Crippen LogP) is 6.15. The van der Waals surface area contributed by atoms with E-state index in [1.165, 1.54) is 0 Å². The van der Waals surface area contributed by atoms with Gasteiger partial charge in [0.05, 0.1) is 17.5 Å². The van der Waals surface area contributed by atoms with Crippen LogP contribution in [0.1, 0.15) is 64.2 Å². The third-order valence-electron chi connectivity index (χ3n) is 9.07. The van der Waals surface area contributed by atoms with Gasteiger partial charge in [-0.1, -0.05) is 66.7 Å². The Morgan fingerprint density at radius 1 is 0.849 bits per heavy atom. The zero-order valence-corrected chi connectivity index (χ0v) is 31.5. The van der Waals surface area contributed by atoms with Crippen LogP contribution in [0.15, 0.2) is 91.1 Å². The third kappa shape index (κ3) is 11.5. The van der Waals surface area contributed by atoms with Crippen molar-refractivity contribution in [2.45, 2.75) is 84.9 Å². The minimum atomic E-state index is -0.923. The highest BCUT2D eigenvalue weighted by molar-refractivity contribution is 5.92. The molecular weight excluding hydrogens is 670 g/mol. The normalized spacial score (nSPS) is 14.0. The molecule has 4 aromatic rings. The van der Waals surface area contributed by atoms with Crippen LogP contribution >= 0.6 is 0 Å². The molecule has 5 rings (SSSR count). The Morgan fingerprint density at radius 2 is 1.55 bits per heavy atom. The van der Waals surface area contributed by atoms with Crippen LogP contribution in [-0.4, -0.2) is 72.0 Å². The number of amides is 4. The quantitative estimate of drug-likeness (QED) is 0.105. The summed E-state index contributed by atoms with van der Waals surface area (Å²) in [5, 5.41) is 9.81. The van der Waals surface area contributed by atoms with Crippen LogP contribution < -0.4 is 20.7 Å². The molecule has 0 unspecified atom stereocenters. The number of carbonyl (C=O) groups is 3. The lowest BCUT2D eigenvalue weighted by Gasteiger charge is -2.32. The van der Waals surface area contributed by atoms with Gasteiger partial charge in [0.25, 0.3) is 0 Å². The lowest BCUT2D eigenvalue weighted by Crippen LogP contribution is -2.54. The van der Waals surface area contributed by atoms with Crippen LogP contribution in [0.2, 0.25) is 0 Å². The molecule has 11 nitrogen and oxygen atoms in total. The van der Waals surface area contributed by atoms with Crippen molar-refractivity contribution in [2.75, 3.05) is 26.3 Å². The minimum absolute atomic E-state index is 0.142. The molecule has 0 spiro atoms. The summed E-state index contributed by atoms with van der Waals surface area (Å²) in [6.45, 7) is 11.4. The molecule has 3 aromatic carbocycles. The number of benzene rings is 3. The number of carbonyl (C=O) groups excluding carboxylic acids is 3. The number of ether oxygens (including phenoxy) is 3. The summed E-state index contributed by atoms with van der Waals surface area (Å²) >= 11 is 0. The van der Waals surface area contributed by atoms with Crippen LogP contribution in [0.3, 0.4) is 0 Å².